The number of esters is 1. The van der Waals surface area contributed by atoms with Crippen molar-refractivity contribution in [1.82, 2.24) is 4.90 Å². The van der Waals surface area contributed by atoms with Crippen LogP contribution in [0.5, 0.6) is 5.75 Å². The summed E-state index contributed by atoms with van der Waals surface area (Å²) in [6.07, 6.45) is 2.25. The van der Waals surface area contributed by atoms with E-state index in [0.29, 0.717) is 19.0 Å². The molecule has 2 atom stereocenters. The van der Waals surface area contributed by atoms with Crippen molar-refractivity contribution in [3.63, 3.8) is 0 Å². The molecular formula is C17H25N3O5. The SMILES string of the molecule is COC(=O)COc1ccc(CN2CCCC(C)C2CN)cc1[N+](=O)[O-]. The minimum atomic E-state index is -0.591. The van der Waals surface area contributed by atoms with Crippen LogP contribution in [0, 0.1) is 16.0 Å². The van der Waals surface area contributed by atoms with Gasteiger partial charge in [0.2, 0.25) is 0 Å². The lowest BCUT2D eigenvalue weighted by Gasteiger charge is -2.39. The van der Waals surface area contributed by atoms with Crippen LogP contribution in [0.1, 0.15) is 25.3 Å². The molecule has 0 bridgehead atoms. The predicted octanol–water partition coefficient (Wildman–Crippen LogP) is 1.71. The maximum Gasteiger partial charge on any atom is 0.343 e. The zero-order valence-corrected chi connectivity index (χ0v) is 14.6. The van der Waals surface area contributed by atoms with Crippen molar-refractivity contribution >= 4 is 11.7 Å². The van der Waals surface area contributed by atoms with Crippen LogP contribution in [0.2, 0.25) is 0 Å². The normalized spacial score (nSPS) is 20.9. The van der Waals surface area contributed by atoms with E-state index in [1.54, 1.807) is 6.07 Å². The maximum atomic E-state index is 11.3. The summed E-state index contributed by atoms with van der Waals surface area (Å²) in [5, 5.41) is 11.3. The number of nitrogens with two attached hydrogens (primary N) is 1. The van der Waals surface area contributed by atoms with Crippen LogP contribution in [-0.4, -0.2) is 48.6 Å². The highest BCUT2D eigenvalue weighted by Gasteiger charge is 2.28. The number of nitro benzene ring substituents is 1. The largest absolute Gasteiger partial charge is 0.475 e. The minimum absolute atomic E-state index is 0.0570. The summed E-state index contributed by atoms with van der Waals surface area (Å²) in [4.78, 5) is 24.3. The van der Waals surface area contributed by atoms with Crippen molar-refractivity contribution in [3.05, 3.63) is 33.9 Å². The Morgan fingerprint density at radius 3 is 2.88 bits per heavy atom. The molecule has 25 heavy (non-hydrogen) atoms. The van der Waals surface area contributed by atoms with E-state index in [2.05, 4.69) is 16.6 Å². The van der Waals surface area contributed by atoms with Gasteiger partial charge >= 0.3 is 11.7 Å². The number of benzene rings is 1. The van der Waals surface area contributed by atoms with Crippen LogP contribution >= 0.6 is 0 Å². The number of nitrogens with zero attached hydrogens (tertiary/aromatic N) is 2. The molecule has 138 valence electrons. The van der Waals surface area contributed by atoms with Crippen molar-refractivity contribution in [2.45, 2.75) is 32.4 Å². The second-order valence-electron chi connectivity index (χ2n) is 6.32. The molecule has 1 aliphatic rings. The van der Waals surface area contributed by atoms with Gasteiger partial charge in [-0.3, -0.25) is 15.0 Å². The lowest BCUT2D eigenvalue weighted by atomic mass is 9.90. The summed E-state index contributed by atoms with van der Waals surface area (Å²) in [5.41, 5.74) is 6.57. The van der Waals surface area contributed by atoms with E-state index < -0.39 is 10.9 Å². The van der Waals surface area contributed by atoms with Crippen LogP contribution in [0.4, 0.5) is 5.69 Å². The number of nitro groups is 1. The summed E-state index contributed by atoms with van der Waals surface area (Å²) in [7, 11) is 1.23. The first kappa shape index (κ1) is 19.1. The summed E-state index contributed by atoms with van der Waals surface area (Å²) in [6, 6.07) is 5.09. The zero-order valence-electron chi connectivity index (χ0n) is 14.6. The first-order chi connectivity index (χ1) is 12.0. The molecule has 8 nitrogen and oxygen atoms in total. The number of piperidine rings is 1. The predicted molar refractivity (Wildman–Crippen MR) is 92.3 cm³/mol. The zero-order chi connectivity index (χ0) is 18.4. The number of methoxy groups -OCH3 is 1. The Hall–Kier alpha value is -2.19. The maximum absolute atomic E-state index is 11.3. The molecule has 1 aromatic rings. The van der Waals surface area contributed by atoms with Gasteiger partial charge in [0.05, 0.1) is 12.0 Å². The fourth-order valence-corrected chi connectivity index (χ4v) is 3.27. The number of likely N-dealkylation sites (tertiary alicyclic amines) is 1. The lowest BCUT2D eigenvalue weighted by molar-refractivity contribution is -0.385. The van der Waals surface area contributed by atoms with Gasteiger partial charge in [0.25, 0.3) is 0 Å². The summed E-state index contributed by atoms with van der Waals surface area (Å²) >= 11 is 0. The number of carbonyl (C=O) groups excluding carboxylic acids is 1. The van der Waals surface area contributed by atoms with Crippen LogP contribution in [0.15, 0.2) is 18.2 Å². The third kappa shape index (κ3) is 4.90. The van der Waals surface area contributed by atoms with Crippen molar-refractivity contribution < 1.29 is 19.2 Å². The molecule has 1 heterocycles. The molecular weight excluding hydrogens is 326 g/mol. The average Bonchev–Trinajstić information content (AvgIpc) is 2.60. The molecule has 0 aliphatic carbocycles. The summed E-state index contributed by atoms with van der Waals surface area (Å²) < 4.78 is 9.68. The van der Waals surface area contributed by atoms with Gasteiger partial charge in [-0.1, -0.05) is 13.0 Å². The number of rotatable bonds is 7. The average molecular weight is 351 g/mol. The van der Waals surface area contributed by atoms with Crippen LogP contribution in [0.3, 0.4) is 0 Å². The molecule has 2 rings (SSSR count). The first-order valence-corrected chi connectivity index (χ1v) is 8.37. The highest BCUT2D eigenvalue weighted by Crippen LogP contribution is 2.30. The van der Waals surface area contributed by atoms with E-state index in [4.69, 9.17) is 10.5 Å². The quantitative estimate of drug-likeness (QED) is 0.452. The van der Waals surface area contributed by atoms with Gasteiger partial charge in [0.1, 0.15) is 0 Å². The molecule has 0 radical (unpaired) electrons. The molecule has 2 unspecified atom stereocenters. The van der Waals surface area contributed by atoms with Gasteiger partial charge in [-0.15, -0.1) is 0 Å². The second-order valence-corrected chi connectivity index (χ2v) is 6.32. The molecule has 1 aromatic carbocycles. The van der Waals surface area contributed by atoms with Gasteiger partial charge < -0.3 is 15.2 Å². The second kappa shape index (κ2) is 8.77. The number of hydrogen-bond acceptors (Lipinski definition) is 7. The van der Waals surface area contributed by atoms with E-state index in [-0.39, 0.29) is 24.1 Å². The van der Waals surface area contributed by atoms with Gasteiger partial charge in [0, 0.05) is 25.2 Å². The Morgan fingerprint density at radius 1 is 1.48 bits per heavy atom. The van der Waals surface area contributed by atoms with Crippen molar-refractivity contribution in [1.29, 1.82) is 0 Å². The standard InChI is InChI=1S/C17H25N3O5/c1-12-4-3-7-19(15(12)9-18)10-13-5-6-16(14(8-13)20(22)23)25-11-17(21)24-2/h5-6,8,12,15H,3-4,7,9-11,18H2,1-2H3. The van der Waals surface area contributed by atoms with Gasteiger partial charge in [-0.05, 0) is 36.9 Å². The molecule has 1 fully saturated rings. The number of hydrogen-bond donors (Lipinski definition) is 1. The Bertz CT molecular complexity index is 622. The third-order valence-electron chi connectivity index (χ3n) is 4.65. The summed E-state index contributed by atoms with van der Waals surface area (Å²) in [5.74, 6) is -0.0237. The van der Waals surface area contributed by atoms with E-state index in [1.807, 2.05) is 0 Å². The molecule has 0 amide bonds. The van der Waals surface area contributed by atoms with Gasteiger partial charge in [-0.25, -0.2) is 4.79 Å². The van der Waals surface area contributed by atoms with E-state index in [0.717, 1.165) is 24.9 Å². The van der Waals surface area contributed by atoms with E-state index in [9.17, 15) is 14.9 Å². The molecule has 8 heteroatoms. The van der Waals surface area contributed by atoms with E-state index >= 15 is 0 Å². The number of carbonyl (C=O) groups is 1. The van der Waals surface area contributed by atoms with Crippen molar-refractivity contribution in [2.75, 3.05) is 26.8 Å². The fraction of sp³-hybridized carbons (Fsp3) is 0.588. The minimum Gasteiger partial charge on any atom is -0.475 e. The smallest absolute Gasteiger partial charge is 0.343 e. The Balaban J connectivity index is 2.15. The Morgan fingerprint density at radius 2 is 2.24 bits per heavy atom. The molecule has 0 saturated carbocycles. The molecule has 1 saturated heterocycles. The Labute approximate surface area is 147 Å². The van der Waals surface area contributed by atoms with Crippen LogP contribution in [-0.2, 0) is 16.1 Å². The van der Waals surface area contributed by atoms with Gasteiger partial charge in [-0.2, -0.15) is 0 Å². The summed E-state index contributed by atoms with van der Waals surface area (Å²) in [6.45, 7) is 3.93. The monoisotopic (exact) mass is 351 g/mol. The lowest BCUT2D eigenvalue weighted by Crippen LogP contribution is -2.47. The number of ether oxygens (including phenoxy) is 2. The molecule has 1 aliphatic heterocycles. The van der Waals surface area contributed by atoms with Gasteiger partial charge in [0.15, 0.2) is 12.4 Å². The van der Waals surface area contributed by atoms with Crippen LogP contribution < -0.4 is 10.5 Å². The van der Waals surface area contributed by atoms with E-state index in [1.165, 1.54) is 19.2 Å². The topological polar surface area (TPSA) is 108 Å². The molecule has 2 N–H and O–H groups in total. The third-order valence-corrected chi connectivity index (χ3v) is 4.65. The Kier molecular flexibility index (Phi) is 6.72. The fourth-order valence-electron chi connectivity index (χ4n) is 3.27. The van der Waals surface area contributed by atoms with Crippen LogP contribution in [0.25, 0.3) is 0 Å². The first-order valence-electron chi connectivity index (χ1n) is 8.37. The van der Waals surface area contributed by atoms with Crippen molar-refractivity contribution in [3.8, 4) is 5.75 Å². The molecule has 0 spiro atoms. The highest BCUT2D eigenvalue weighted by atomic mass is 16.6. The molecule has 0 aromatic heterocycles. The highest BCUT2D eigenvalue weighted by molar-refractivity contribution is 5.71. The van der Waals surface area contributed by atoms with Crippen molar-refractivity contribution in [2.24, 2.45) is 11.7 Å².